The zero-order chi connectivity index (χ0) is 20.8. The minimum atomic E-state index is -3.61. The van der Waals surface area contributed by atoms with Crippen LogP contribution in [0.15, 0.2) is 57.4 Å². The molecule has 2 heterocycles. The number of hydrogen-bond acceptors (Lipinski definition) is 7. The van der Waals surface area contributed by atoms with Crippen molar-refractivity contribution in [3.05, 3.63) is 42.6 Å². The number of nitrogens with zero attached hydrogens (tertiary/aromatic N) is 2. The van der Waals surface area contributed by atoms with Gasteiger partial charge in [0.1, 0.15) is 0 Å². The van der Waals surface area contributed by atoms with E-state index in [1.165, 1.54) is 4.90 Å². The van der Waals surface area contributed by atoms with E-state index in [4.69, 9.17) is 0 Å². The van der Waals surface area contributed by atoms with Gasteiger partial charge in [-0.1, -0.05) is 0 Å². The first kappa shape index (κ1) is 19.7. The molecule has 0 radical (unpaired) electrons. The first-order valence-electron chi connectivity index (χ1n) is 9.12. The summed E-state index contributed by atoms with van der Waals surface area (Å²) < 4.78 is 25.3. The summed E-state index contributed by atoms with van der Waals surface area (Å²) >= 11 is 1.76. The monoisotopic (exact) mass is 426 g/mol. The number of sulfone groups is 1. The predicted molar refractivity (Wildman–Crippen MR) is 122 cm³/mol. The zero-order valence-electron chi connectivity index (χ0n) is 16.5. The molecule has 0 fully saturated rings. The maximum absolute atomic E-state index is 13.1. The summed E-state index contributed by atoms with van der Waals surface area (Å²) in [6.07, 6.45) is 1.69. The minimum Gasteiger partial charge on any atom is -0.375 e. The standard InChI is InChI=1S/C21H22N4O2S2/c1-21(2,3)29(26,27)20-10-14-15(7-8-23-16(14)11-18(20)22-4)25-13-5-6-19-17(9-13)24-12-28-19/h5-11,24H,4,12H2,1-3H3,(H,23,25). The van der Waals surface area contributed by atoms with Crippen molar-refractivity contribution in [2.75, 3.05) is 16.5 Å². The van der Waals surface area contributed by atoms with Crippen LogP contribution in [-0.2, 0) is 9.84 Å². The van der Waals surface area contributed by atoms with Crippen molar-refractivity contribution in [1.82, 2.24) is 4.98 Å². The Morgan fingerprint density at radius 1 is 1.21 bits per heavy atom. The highest BCUT2D eigenvalue weighted by atomic mass is 32.2. The SMILES string of the molecule is C=Nc1cc2nccc(Nc3ccc4c(c3)NCS4)c2cc1S(=O)(=O)C(C)(C)C. The van der Waals surface area contributed by atoms with Crippen molar-refractivity contribution in [1.29, 1.82) is 0 Å². The van der Waals surface area contributed by atoms with Gasteiger partial charge in [0.25, 0.3) is 0 Å². The van der Waals surface area contributed by atoms with Crippen LogP contribution in [0.5, 0.6) is 0 Å². The number of benzene rings is 2. The Morgan fingerprint density at radius 2 is 2.00 bits per heavy atom. The molecule has 150 valence electrons. The van der Waals surface area contributed by atoms with Gasteiger partial charge in [-0.05, 0) is 63.9 Å². The van der Waals surface area contributed by atoms with E-state index < -0.39 is 14.6 Å². The number of fused-ring (bicyclic) bond motifs is 2. The highest BCUT2D eigenvalue weighted by Gasteiger charge is 2.33. The number of pyridine rings is 1. The Balaban J connectivity index is 1.86. The van der Waals surface area contributed by atoms with Crippen LogP contribution in [-0.4, -0.2) is 30.7 Å². The molecule has 0 atom stereocenters. The summed E-state index contributed by atoms with van der Waals surface area (Å²) in [5.41, 5.74) is 3.75. The molecule has 29 heavy (non-hydrogen) atoms. The van der Waals surface area contributed by atoms with Gasteiger partial charge in [-0.2, -0.15) is 0 Å². The van der Waals surface area contributed by atoms with Crippen LogP contribution in [0.4, 0.5) is 22.7 Å². The third-order valence-electron chi connectivity index (χ3n) is 4.84. The fraction of sp³-hybridized carbons (Fsp3) is 0.238. The van der Waals surface area contributed by atoms with Gasteiger partial charge < -0.3 is 10.6 Å². The van der Waals surface area contributed by atoms with Gasteiger partial charge in [0.05, 0.1) is 32.4 Å². The largest absolute Gasteiger partial charge is 0.375 e. The summed E-state index contributed by atoms with van der Waals surface area (Å²) in [5, 5.41) is 7.45. The third kappa shape index (κ3) is 3.47. The van der Waals surface area contributed by atoms with Gasteiger partial charge in [-0.3, -0.25) is 9.98 Å². The lowest BCUT2D eigenvalue weighted by Gasteiger charge is -2.21. The molecule has 2 N–H and O–H groups in total. The predicted octanol–water partition coefficient (Wildman–Crippen LogP) is 5.36. The van der Waals surface area contributed by atoms with Crippen LogP contribution < -0.4 is 10.6 Å². The smallest absolute Gasteiger partial charge is 0.185 e. The molecule has 2 aromatic carbocycles. The van der Waals surface area contributed by atoms with Gasteiger partial charge >= 0.3 is 0 Å². The maximum atomic E-state index is 13.1. The Bertz CT molecular complexity index is 1230. The lowest BCUT2D eigenvalue weighted by molar-refractivity contribution is 0.560. The molecule has 0 spiro atoms. The average Bonchev–Trinajstić information content (AvgIpc) is 3.14. The van der Waals surface area contributed by atoms with Crippen molar-refractivity contribution >= 4 is 62.0 Å². The Kier molecular flexibility index (Phi) is 4.78. The van der Waals surface area contributed by atoms with Crippen molar-refractivity contribution in [3.63, 3.8) is 0 Å². The molecular formula is C21H22N4O2S2. The molecule has 0 bridgehead atoms. The van der Waals surface area contributed by atoms with Crippen LogP contribution in [0, 0.1) is 0 Å². The zero-order valence-corrected chi connectivity index (χ0v) is 18.1. The summed E-state index contributed by atoms with van der Waals surface area (Å²) in [5.74, 6) is 0.863. The molecule has 8 heteroatoms. The normalized spacial score (nSPS) is 13.8. The third-order valence-corrected chi connectivity index (χ3v) is 8.31. The molecule has 0 saturated carbocycles. The molecule has 0 unspecified atom stereocenters. The van der Waals surface area contributed by atoms with Gasteiger partial charge in [-0.25, -0.2) is 8.42 Å². The molecule has 1 aliphatic heterocycles. The first-order chi connectivity index (χ1) is 13.7. The van der Waals surface area contributed by atoms with Crippen LogP contribution in [0.3, 0.4) is 0 Å². The van der Waals surface area contributed by atoms with Crippen molar-refractivity contribution in [2.24, 2.45) is 4.99 Å². The first-order valence-corrected chi connectivity index (χ1v) is 11.6. The topological polar surface area (TPSA) is 83.4 Å². The summed E-state index contributed by atoms with van der Waals surface area (Å²) in [7, 11) is -3.61. The molecule has 0 saturated heterocycles. The van der Waals surface area contributed by atoms with E-state index in [0.29, 0.717) is 16.6 Å². The number of anilines is 3. The van der Waals surface area contributed by atoms with Crippen molar-refractivity contribution < 1.29 is 8.42 Å². The van der Waals surface area contributed by atoms with Gasteiger partial charge in [-0.15, -0.1) is 11.8 Å². The molecule has 6 nitrogen and oxygen atoms in total. The molecule has 1 aromatic heterocycles. The van der Waals surface area contributed by atoms with Gasteiger partial charge in [0.2, 0.25) is 0 Å². The number of nitrogens with one attached hydrogen (secondary N) is 2. The van der Waals surface area contributed by atoms with Crippen molar-refractivity contribution in [3.8, 4) is 0 Å². The number of thioether (sulfide) groups is 1. The number of aliphatic imine (C=N–C) groups is 1. The lowest BCUT2D eigenvalue weighted by Crippen LogP contribution is -2.28. The van der Waals surface area contributed by atoms with Gasteiger partial charge in [0.15, 0.2) is 9.84 Å². The Morgan fingerprint density at radius 3 is 2.72 bits per heavy atom. The molecule has 0 amide bonds. The number of hydrogen-bond donors (Lipinski definition) is 2. The minimum absolute atomic E-state index is 0.163. The molecule has 4 rings (SSSR count). The van der Waals surface area contributed by atoms with Gasteiger partial charge in [0, 0.05) is 27.9 Å². The molecular weight excluding hydrogens is 404 g/mol. The molecule has 1 aliphatic rings. The van der Waals surface area contributed by atoms with E-state index >= 15 is 0 Å². The lowest BCUT2D eigenvalue weighted by atomic mass is 10.1. The molecule has 3 aromatic rings. The van der Waals surface area contributed by atoms with E-state index in [9.17, 15) is 8.42 Å². The summed E-state index contributed by atoms with van der Waals surface area (Å²) in [6.45, 7) is 8.58. The van der Waals surface area contributed by atoms with E-state index in [1.54, 1.807) is 50.9 Å². The second-order valence-corrected chi connectivity index (χ2v) is 11.5. The van der Waals surface area contributed by atoms with E-state index in [0.717, 1.165) is 22.9 Å². The van der Waals surface area contributed by atoms with Crippen LogP contribution in [0.2, 0.25) is 0 Å². The van der Waals surface area contributed by atoms with Crippen LogP contribution in [0.25, 0.3) is 10.9 Å². The Hall–Kier alpha value is -2.58. The number of aromatic nitrogens is 1. The van der Waals surface area contributed by atoms with Crippen molar-refractivity contribution in [2.45, 2.75) is 35.3 Å². The van der Waals surface area contributed by atoms with E-state index in [2.05, 4.69) is 33.4 Å². The van der Waals surface area contributed by atoms with E-state index in [-0.39, 0.29) is 4.90 Å². The average molecular weight is 427 g/mol. The summed E-state index contributed by atoms with van der Waals surface area (Å²) in [6, 6.07) is 11.3. The fourth-order valence-electron chi connectivity index (χ4n) is 3.16. The Labute approximate surface area is 174 Å². The summed E-state index contributed by atoms with van der Waals surface area (Å²) in [4.78, 5) is 9.73. The highest BCUT2D eigenvalue weighted by Crippen LogP contribution is 2.39. The molecule has 0 aliphatic carbocycles. The quantitative estimate of drug-likeness (QED) is 0.547. The highest BCUT2D eigenvalue weighted by molar-refractivity contribution is 7.99. The number of rotatable bonds is 4. The second kappa shape index (κ2) is 7.03. The van der Waals surface area contributed by atoms with Crippen LogP contribution >= 0.6 is 11.8 Å². The maximum Gasteiger partial charge on any atom is 0.185 e. The second-order valence-electron chi connectivity index (χ2n) is 7.77. The van der Waals surface area contributed by atoms with E-state index in [1.807, 2.05) is 18.2 Å². The van der Waals surface area contributed by atoms with Crippen LogP contribution in [0.1, 0.15) is 20.8 Å². The fourth-order valence-corrected chi connectivity index (χ4v) is 5.32.